The molecule has 1 saturated carbocycles. The normalized spacial score (nSPS) is 26.4. The van der Waals surface area contributed by atoms with E-state index in [-0.39, 0.29) is 17.9 Å². The van der Waals surface area contributed by atoms with Crippen LogP contribution in [-0.4, -0.2) is 53.1 Å². The Balaban J connectivity index is 1.74. The molecule has 2 rings (SSSR count). The summed E-state index contributed by atoms with van der Waals surface area (Å²) in [4.78, 5) is 36.6. The number of likely N-dealkylation sites (tertiary alicyclic amines) is 1. The van der Waals surface area contributed by atoms with Gasteiger partial charge in [-0.3, -0.25) is 9.59 Å². The fraction of sp³-hybridized carbons (Fsp3) is 0.786. The molecule has 1 saturated heterocycles. The minimum absolute atomic E-state index is 0.0579. The fourth-order valence-corrected chi connectivity index (χ4v) is 3.03. The predicted molar refractivity (Wildman–Crippen MR) is 75.7 cm³/mol. The second-order valence-electron chi connectivity index (χ2n) is 5.92. The van der Waals surface area contributed by atoms with Crippen LogP contribution in [0.5, 0.6) is 0 Å². The molecule has 7 heteroatoms. The first-order valence-electron chi connectivity index (χ1n) is 7.56. The first kappa shape index (κ1) is 15.6. The largest absolute Gasteiger partial charge is 0.481 e. The van der Waals surface area contributed by atoms with Gasteiger partial charge in [-0.15, -0.1) is 0 Å². The second-order valence-corrected chi connectivity index (χ2v) is 5.92. The summed E-state index contributed by atoms with van der Waals surface area (Å²) in [5.41, 5.74) is 0. The summed E-state index contributed by atoms with van der Waals surface area (Å²) in [5.74, 6) is -1.24. The first-order valence-corrected chi connectivity index (χ1v) is 7.56. The molecule has 0 spiro atoms. The molecule has 1 aliphatic heterocycles. The smallest absolute Gasteiger partial charge is 0.315 e. The molecule has 3 N–H and O–H groups in total. The molecule has 2 aliphatic rings. The number of hydrogen-bond acceptors (Lipinski definition) is 3. The third kappa shape index (κ3) is 4.09. The van der Waals surface area contributed by atoms with E-state index in [4.69, 9.17) is 5.11 Å². The molecule has 0 radical (unpaired) electrons. The highest BCUT2D eigenvalue weighted by atomic mass is 16.4. The molecule has 1 unspecified atom stereocenters. The molecule has 7 nitrogen and oxygen atoms in total. The summed E-state index contributed by atoms with van der Waals surface area (Å²) in [6.07, 6.45) is 3.74. The average molecular weight is 297 g/mol. The number of urea groups is 1. The highest BCUT2D eigenvalue weighted by Gasteiger charge is 2.31. The molecule has 1 aliphatic carbocycles. The minimum atomic E-state index is -0.808. The lowest BCUT2D eigenvalue weighted by atomic mass is 10.1. The number of carboxylic acid groups (broad SMARTS) is 1. The van der Waals surface area contributed by atoms with Crippen LogP contribution in [0.2, 0.25) is 0 Å². The van der Waals surface area contributed by atoms with Gasteiger partial charge in [0.1, 0.15) is 6.04 Å². The van der Waals surface area contributed by atoms with E-state index >= 15 is 0 Å². The van der Waals surface area contributed by atoms with Crippen molar-refractivity contribution in [2.45, 2.75) is 51.1 Å². The number of amides is 3. The van der Waals surface area contributed by atoms with Gasteiger partial charge in [0.05, 0.1) is 5.92 Å². The van der Waals surface area contributed by atoms with Crippen LogP contribution in [0.15, 0.2) is 0 Å². The van der Waals surface area contributed by atoms with Gasteiger partial charge >= 0.3 is 12.0 Å². The summed E-state index contributed by atoms with van der Waals surface area (Å²) in [6, 6.07) is -1.08. The van der Waals surface area contributed by atoms with Crippen molar-refractivity contribution in [2.75, 3.05) is 13.1 Å². The van der Waals surface area contributed by atoms with E-state index in [1.54, 1.807) is 11.8 Å². The molecule has 118 valence electrons. The molecule has 3 atom stereocenters. The third-order valence-electron chi connectivity index (χ3n) is 4.25. The lowest BCUT2D eigenvalue weighted by Gasteiger charge is -2.22. The number of carbonyl (C=O) groups excluding carboxylic acids is 2. The van der Waals surface area contributed by atoms with Crippen molar-refractivity contribution >= 4 is 17.9 Å². The highest BCUT2D eigenvalue weighted by molar-refractivity contribution is 5.87. The number of hydrogen-bond donors (Lipinski definition) is 3. The summed E-state index contributed by atoms with van der Waals surface area (Å²) in [5, 5.41) is 14.3. The van der Waals surface area contributed by atoms with Gasteiger partial charge in [0, 0.05) is 19.1 Å². The van der Waals surface area contributed by atoms with E-state index in [0.717, 1.165) is 25.9 Å². The number of rotatable bonds is 4. The maximum absolute atomic E-state index is 12.1. The molecule has 0 aromatic carbocycles. The van der Waals surface area contributed by atoms with Gasteiger partial charge in [-0.25, -0.2) is 4.79 Å². The SMILES string of the molecule is CC(NC(=O)N[C@H]1CC[C@@H](C(=O)O)C1)C(=O)N1CCCC1. The maximum atomic E-state index is 12.1. The van der Waals surface area contributed by atoms with Gasteiger partial charge < -0.3 is 20.6 Å². The quantitative estimate of drug-likeness (QED) is 0.705. The van der Waals surface area contributed by atoms with Crippen LogP contribution >= 0.6 is 0 Å². The standard InChI is InChI=1S/C14H23N3O4/c1-9(12(18)17-6-2-3-7-17)15-14(21)16-11-5-4-10(8-11)13(19)20/h9-11H,2-8H2,1H3,(H,19,20)(H2,15,16,21)/t9?,10-,11+/m1/s1. The average Bonchev–Trinajstić information content (AvgIpc) is 3.08. The Bertz CT molecular complexity index is 420. The van der Waals surface area contributed by atoms with Crippen molar-refractivity contribution < 1.29 is 19.5 Å². The van der Waals surface area contributed by atoms with Crippen LogP contribution < -0.4 is 10.6 Å². The summed E-state index contributed by atoms with van der Waals surface area (Å²) >= 11 is 0. The fourth-order valence-electron chi connectivity index (χ4n) is 3.03. The topological polar surface area (TPSA) is 98.7 Å². The molecular weight excluding hydrogens is 274 g/mol. The molecular formula is C14H23N3O4. The Morgan fingerprint density at radius 3 is 2.43 bits per heavy atom. The molecule has 0 bridgehead atoms. The third-order valence-corrected chi connectivity index (χ3v) is 4.25. The second kappa shape index (κ2) is 6.78. The van der Waals surface area contributed by atoms with Crippen molar-refractivity contribution in [1.82, 2.24) is 15.5 Å². The molecule has 2 fully saturated rings. The van der Waals surface area contributed by atoms with Crippen LogP contribution in [0.3, 0.4) is 0 Å². The molecule has 1 heterocycles. The van der Waals surface area contributed by atoms with Crippen molar-refractivity contribution in [1.29, 1.82) is 0 Å². The van der Waals surface area contributed by atoms with E-state index in [2.05, 4.69) is 10.6 Å². The Morgan fingerprint density at radius 1 is 1.19 bits per heavy atom. The van der Waals surface area contributed by atoms with E-state index in [1.807, 2.05) is 0 Å². The Hall–Kier alpha value is -1.79. The van der Waals surface area contributed by atoms with Gasteiger partial charge in [-0.05, 0) is 39.0 Å². The van der Waals surface area contributed by atoms with Crippen LogP contribution in [0, 0.1) is 5.92 Å². The van der Waals surface area contributed by atoms with Crippen molar-refractivity contribution in [3.05, 3.63) is 0 Å². The van der Waals surface area contributed by atoms with Crippen LogP contribution in [0.1, 0.15) is 39.0 Å². The van der Waals surface area contributed by atoms with E-state index < -0.39 is 18.0 Å². The number of carboxylic acids is 1. The molecule has 21 heavy (non-hydrogen) atoms. The van der Waals surface area contributed by atoms with Crippen molar-refractivity contribution in [3.63, 3.8) is 0 Å². The Morgan fingerprint density at radius 2 is 1.86 bits per heavy atom. The van der Waals surface area contributed by atoms with Crippen molar-refractivity contribution in [2.24, 2.45) is 5.92 Å². The summed E-state index contributed by atoms with van der Waals surface area (Å²) < 4.78 is 0. The number of nitrogens with zero attached hydrogens (tertiary/aromatic N) is 1. The number of carbonyl (C=O) groups is 3. The van der Waals surface area contributed by atoms with Crippen molar-refractivity contribution in [3.8, 4) is 0 Å². The van der Waals surface area contributed by atoms with Crippen LogP contribution in [-0.2, 0) is 9.59 Å². The first-order chi connectivity index (χ1) is 9.97. The monoisotopic (exact) mass is 297 g/mol. The zero-order valence-corrected chi connectivity index (χ0v) is 12.3. The van der Waals surface area contributed by atoms with Gasteiger partial charge in [-0.1, -0.05) is 0 Å². The predicted octanol–water partition coefficient (Wildman–Crippen LogP) is 0.550. The maximum Gasteiger partial charge on any atom is 0.315 e. The zero-order chi connectivity index (χ0) is 15.4. The molecule has 0 aromatic heterocycles. The van der Waals surface area contributed by atoms with E-state index in [9.17, 15) is 14.4 Å². The zero-order valence-electron chi connectivity index (χ0n) is 12.3. The van der Waals surface area contributed by atoms with Gasteiger partial charge in [0.15, 0.2) is 0 Å². The van der Waals surface area contributed by atoms with Crippen LogP contribution in [0.25, 0.3) is 0 Å². The summed E-state index contributed by atoms with van der Waals surface area (Å²) in [7, 11) is 0. The Kier molecular flexibility index (Phi) is 5.03. The van der Waals surface area contributed by atoms with E-state index in [1.165, 1.54) is 0 Å². The van der Waals surface area contributed by atoms with Gasteiger partial charge in [0.2, 0.25) is 5.91 Å². The lowest BCUT2D eigenvalue weighted by molar-refractivity contribution is -0.141. The van der Waals surface area contributed by atoms with E-state index in [0.29, 0.717) is 19.3 Å². The highest BCUT2D eigenvalue weighted by Crippen LogP contribution is 2.25. The number of aliphatic carboxylic acids is 1. The molecule has 3 amide bonds. The lowest BCUT2D eigenvalue weighted by Crippen LogP contribution is -2.50. The van der Waals surface area contributed by atoms with Crippen LogP contribution in [0.4, 0.5) is 4.79 Å². The Labute approximate surface area is 124 Å². The van der Waals surface area contributed by atoms with Gasteiger partial charge in [0.25, 0.3) is 0 Å². The van der Waals surface area contributed by atoms with Gasteiger partial charge in [-0.2, -0.15) is 0 Å². The minimum Gasteiger partial charge on any atom is -0.481 e. The number of nitrogens with one attached hydrogen (secondary N) is 2. The summed E-state index contributed by atoms with van der Waals surface area (Å²) in [6.45, 7) is 3.19. The molecule has 0 aromatic rings.